The SMILES string of the molecule is C=CC1=C(C)c2ccccc2C1(/C(C)=C/CCC)c1ccc(C)cc1. The first-order valence-electron chi connectivity index (χ1n) is 9.25. The van der Waals surface area contributed by atoms with E-state index in [1.54, 1.807) is 0 Å². The molecule has 1 aliphatic carbocycles. The summed E-state index contributed by atoms with van der Waals surface area (Å²) in [5.41, 5.74) is 9.21. The zero-order valence-corrected chi connectivity index (χ0v) is 15.9. The maximum Gasteiger partial charge on any atom is 0.0667 e. The first-order chi connectivity index (χ1) is 12.1. The number of hydrogen-bond donors (Lipinski definition) is 0. The van der Waals surface area contributed by atoms with Crippen LogP contribution in [0, 0.1) is 6.92 Å². The largest absolute Gasteiger partial charge is 0.0987 e. The number of benzene rings is 2. The molecular formula is C25H28. The van der Waals surface area contributed by atoms with Gasteiger partial charge in [0.2, 0.25) is 0 Å². The molecule has 0 radical (unpaired) electrons. The van der Waals surface area contributed by atoms with E-state index in [-0.39, 0.29) is 5.41 Å². The van der Waals surface area contributed by atoms with Crippen molar-refractivity contribution >= 4 is 5.57 Å². The van der Waals surface area contributed by atoms with Crippen LogP contribution in [0.3, 0.4) is 0 Å². The molecule has 1 atom stereocenters. The molecule has 0 saturated carbocycles. The summed E-state index contributed by atoms with van der Waals surface area (Å²) in [4.78, 5) is 0. The zero-order chi connectivity index (χ0) is 18.0. The summed E-state index contributed by atoms with van der Waals surface area (Å²) >= 11 is 0. The van der Waals surface area contributed by atoms with Crippen LogP contribution < -0.4 is 0 Å². The molecule has 0 heterocycles. The Labute approximate surface area is 152 Å². The summed E-state index contributed by atoms with van der Waals surface area (Å²) in [7, 11) is 0. The topological polar surface area (TPSA) is 0 Å². The minimum absolute atomic E-state index is 0.217. The van der Waals surface area contributed by atoms with Gasteiger partial charge >= 0.3 is 0 Å². The first-order valence-corrected chi connectivity index (χ1v) is 9.25. The highest BCUT2D eigenvalue weighted by Gasteiger charge is 2.45. The highest BCUT2D eigenvalue weighted by atomic mass is 14.5. The van der Waals surface area contributed by atoms with Crippen LogP contribution in [0.4, 0.5) is 0 Å². The Morgan fingerprint density at radius 1 is 1.04 bits per heavy atom. The second-order valence-corrected chi connectivity index (χ2v) is 7.08. The van der Waals surface area contributed by atoms with Crippen LogP contribution in [0.2, 0.25) is 0 Å². The molecule has 0 amide bonds. The Balaban J connectivity index is 2.39. The maximum absolute atomic E-state index is 4.19. The lowest BCUT2D eigenvalue weighted by atomic mass is 9.66. The Morgan fingerprint density at radius 2 is 1.72 bits per heavy atom. The summed E-state index contributed by atoms with van der Waals surface area (Å²) in [5.74, 6) is 0. The molecule has 25 heavy (non-hydrogen) atoms. The molecule has 0 nitrogen and oxygen atoms in total. The Morgan fingerprint density at radius 3 is 2.36 bits per heavy atom. The molecule has 2 aromatic carbocycles. The van der Waals surface area contributed by atoms with Gasteiger partial charge in [0.15, 0.2) is 0 Å². The predicted molar refractivity (Wildman–Crippen MR) is 110 cm³/mol. The van der Waals surface area contributed by atoms with E-state index in [0.717, 1.165) is 12.8 Å². The number of unbranched alkanes of at least 4 members (excludes halogenated alkanes) is 1. The highest BCUT2D eigenvalue weighted by Crippen LogP contribution is 2.54. The molecule has 0 fully saturated rings. The molecule has 3 rings (SSSR count). The highest BCUT2D eigenvalue weighted by molar-refractivity contribution is 5.86. The van der Waals surface area contributed by atoms with Crippen molar-refractivity contribution < 1.29 is 0 Å². The molecule has 128 valence electrons. The van der Waals surface area contributed by atoms with Crippen molar-refractivity contribution in [2.45, 2.75) is 46.0 Å². The average molecular weight is 328 g/mol. The lowest BCUT2D eigenvalue weighted by Crippen LogP contribution is -2.29. The van der Waals surface area contributed by atoms with Gasteiger partial charge < -0.3 is 0 Å². The fraction of sp³-hybridized carbons (Fsp3) is 0.280. The van der Waals surface area contributed by atoms with Crippen LogP contribution in [0.15, 0.2) is 78.4 Å². The third-order valence-electron chi connectivity index (χ3n) is 5.56. The third-order valence-corrected chi connectivity index (χ3v) is 5.56. The van der Waals surface area contributed by atoms with E-state index < -0.39 is 0 Å². The van der Waals surface area contributed by atoms with Crippen molar-refractivity contribution in [3.8, 4) is 0 Å². The van der Waals surface area contributed by atoms with Crippen molar-refractivity contribution in [3.63, 3.8) is 0 Å². The maximum atomic E-state index is 4.19. The van der Waals surface area contributed by atoms with Gasteiger partial charge in [-0.2, -0.15) is 0 Å². The average Bonchev–Trinajstić information content (AvgIpc) is 2.90. The van der Waals surface area contributed by atoms with E-state index in [1.165, 1.54) is 39.0 Å². The summed E-state index contributed by atoms with van der Waals surface area (Å²) in [6.45, 7) is 13.1. The number of fused-ring (bicyclic) bond motifs is 1. The minimum Gasteiger partial charge on any atom is -0.0987 e. The fourth-order valence-corrected chi connectivity index (χ4v) is 4.30. The molecular weight excluding hydrogens is 300 g/mol. The van der Waals surface area contributed by atoms with E-state index in [9.17, 15) is 0 Å². The summed E-state index contributed by atoms with van der Waals surface area (Å²) < 4.78 is 0. The van der Waals surface area contributed by atoms with Crippen molar-refractivity contribution in [2.75, 3.05) is 0 Å². The zero-order valence-electron chi connectivity index (χ0n) is 15.9. The van der Waals surface area contributed by atoms with Crippen LogP contribution in [-0.2, 0) is 5.41 Å². The van der Waals surface area contributed by atoms with Gasteiger partial charge in [-0.3, -0.25) is 0 Å². The van der Waals surface area contributed by atoms with Crippen molar-refractivity contribution in [1.82, 2.24) is 0 Å². The number of aryl methyl sites for hydroxylation is 1. The summed E-state index contributed by atoms with van der Waals surface area (Å²) in [6, 6.07) is 17.9. The lowest BCUT2D eigenvalue weighted by molar-refractivity contribution is 0.730. The van der Waals surface area contributed by atoms with Gasteiger partial charge in [-0.1, -0.05) is 91.7 Å². The summed E-state index contributed by atoms with van der Waals surface area (Å²) in [6.07, 6.45) is 6.75. The van der Waals surface area contributed by atoms with Crippen molar-refractivity contribution in [1.29, 1.82) is 0 Å². The Kier molecular flexibility index (Phi) is 4.81. The monoisotopic (exact) mass is 328 g/mol. The first kappa shape index (κ1) is 17.5. The lowest BCUT2D eigenvalue weighted by Gasteiger charge is -2.35. The van der Waals surface area contributed by atoms with Gasteiger partial charge in [0.25, 0.3) is 0 Å². The summed E-state index contributed by atoms with van der Waals surface area (Å²) in [5, 5.41) is 0. The molecule has 0 heteroatoms. The molecule has 0 saturated heterocycles. The molecule has 0 spiro atoms. The second kappa shape index (κ2) is 6.88. The van der Waals surface area contributed by atoms with Crippen molar-refractivity contribution in [2.24, 2.45) is 0 Å². The van der Waals surface area contributed by atoms with Gasteiger partial charge in [0.05, 0.1) is 5.41 Å². The van der Waals surface area contributed by atoms with Gasteiger partial charge in [-0.05, 0) is 55.0 Å². The smallest absolute Gasteiger partial charge is 0.0667 e. The van der Waals surface area contributed by atoms with Gasteiger partial charge in [0, 0.05) is 0 Å². The van der Waals surface area contributed by atoms with Crippen LogP contribution in [0.25, 0.3) is 5.57 Å². The van der Waals surface area contributed by atoms with E-state index in [2.05, 4.69) is 95.0 Å². The quantitative estimate of drug-likeness (QED) is 0.518. The van der Waals surface area contributed by atoms with E-state index >= 15 is 0 Å². The number of rotatable bonds is 5. The molecule has 0 aliphatic heterocycles. The second-order valence-electron chi connectivity index (χ2n) is 7.08. The van der Waals surface area contributed by atoms with Crippen LogP contribution >= 0.6 is 0 Å². The molecule has 2 aromatic rings. The van der Waals surface area contributed by atoms with E-state index in [4.69, 9.17) is 0 Å². The van der Waals surface area contributed by atoms with Gasteiger partial charge in [0.1, 0.15) is 0 Å². The third kappa shape index (κ3) is 2.61. The molecule has 1 unspecified atom stereocenters. The van der Waals surface area contributed by atoms with Gasteiger partial charge in [-0.25, -0.2) is 0 Å². The molecule has 0 aromatic heterocycles. The molecule has 1 aliphatic rings. The van der Waals surface area contributed by atoms with Crippen molar-refractivity contribution in [3.05, 3.63) is 101 Å². The Hall–Kier alpha value is -2.34. The van der Waals surface area contributed by atoms with Crippen LogP contribution in [0.5, 0.6) is 0 Å². The van der Waals surface area contributed by atoms with Gasteiger partial charge in [-0.15, -0.1) is 0 Å². The number of hydrogen-bond acceptors (Lipinski definition) is 0. The van der Waals surface area contributed by atoms with E-state index in [1.807, 2.05) is 0 Å². The predicted octanol–water partition coefficient (Wildman–Crippen LogP) is 7.00. The normalized spacial score (nSPS) is 19.9. The fourth-order valence-electron chi connectivity index (χ4n) is 4.30. The number of allylic oxidation sites excluding steroid dienone is 5. The molecule has 0 bridgehead atoms. The molecule has 0 N–H and O–H groups in total. The van der Waals surface area contributed by atoms with E-state index in [0.29, 0.717) is 0 Å². The van der Waals surface area contributed by atoms with Crippen LogP contribution in [0.1, 0.15) is 55.9 Å². The van der Waals surface area contributed by atoms with Crippen LogP contribution in [-0.4, -0.2) is 0 Å². The Bertz CT molecular complexity index is 846. The minimum atomic E-state index is -0.217. The standard InChI is InChI=1S/C25H28/c1-6-8-11-19(4)25(21-16-14-18(3)15-17-21)23(7-2)20(5)22-12-9-10-13-24(22)25/h7,9-17H,2,6,8H2,1,3-5H3/b19-11+.